The zero-order chi connectivity index (χ0) is 17.1. The third-order valence-electron chi connectivity index (χ3n) is 4.42. The Morgan fingerprint density at radius 1 is 1.00 bits per heavy atom. The van der Waals surface area contributed by atoms with Gasteiger partial charge in [0.15, 0.2) is 0 Å². The molecule has 2 N–H and O–H groups in total. The summed E-state index contributed by atoms with van der Waals surface area (Å²) in [6.07, 6.45) is 6.61. The first-order valence-electron chi connectivity index (χ1n) is 8.47. The number of rotatable bonds is 5. The van der Waals surface area contributed by atoms with Gasteiger partial charge in [0.25, 0.3) is 0 Å². The Kier molecular flexibility index (Phi) is 4.17. The predicted octanol–water partition coefficient (Wildman–Crippen LogP) is 4.72. The lowest BCUT2D eigenvalue weighted by Crippen LogP contribution is -2.07. The van der Waals surface area contributed by atoms with Gasteiger partial charge in [-0.05, 0) is 41.8 Å². The van der Waals surface area contributed by atoms with Gasteiger partial charge in [0.1, 0.15) is 11.5 Å². The summed E-state index contributed by atoms with van der Waals surface area (Å²) < 4.78 is 0. The van der Waals surface area contributed by atoms with E-state index in [-0.39, 0.29) is 6.04 Å². The molecule has 0 saturated heterocycles. The van der Waals surface area contributed by atoms with Gasteiger partial charge in [0, 0.05) is 36.4 Å². The van der Waals surface area contributed by atoms with Crippen molar-refractivity contribution in [1.29, 1.82) is 0 Å². The highest BCUT2D eigenvalue weighted by Gasteiger charge is 2.07. The Labute approximate surface area is 147 Å². The molecule has 0 aliphatic rings. The van der Waals surface area contributed by atoms with E-state index in [0.29, 0.717) is 0 Å². The molecule has 0 amide bonds. The van der Waals surface area contributed by atoms with Crippen molar-refractivity contribution >= 4 is 16.9 Å². The summed E-state index contributed by atoms with van der Waals surface area (Å²) in [5.41, 5.74) is 4.60. The third-order valence-corrected chi connectivity index (χ3v) is 4.42. The molecule has 0 aliphatic heterocycles. The van der Waals surface area contributed by atoms with Crippen molar-refractivity contribution in [3.63, 3.8) is 0 Å². The van der Waals surface area contributed by atoms with Gasteiger partial charge < -0.3 is 10.3 Å². The molecule has 4 aromatic rings. The van der Waals surface area contributed by atoms with E-state index < -0.39 is 0 Å². The van der Waals surface area contributed by atoms with Crippen molar-refractivity contribution < 1.29 is 0 Å². The van der Waals surface area contributed by atoms with Gasteiger partial charge in [-0.1, -0.05) is 36.4 Å². The lowest BCUT2D eigenvalue weighted by atomic mass is 10.1. The van der Waals surface area contributed by atoms with Crippen LogP contribution in [0.3, 0.4) is 0 Å². The van der Waals surface area contributed by atoms with Gasteiger partial charge in [-0.2, -0.15) is 0 Å². The highest BCUT2D eigenvalue weighted by Crippen LogP contribution is 2.21. The highest BCUT2D eigenvalue weighted by molar-refractivity contribution is 5.79. The lowest BCUT2D eigenvalue weighted by molar-refractivity contribution is 0.873. The van der Waals surface area contributed by atoms with Crippen LogP contribution in [0, 0.1) is 0 Å². The molecule has 0 unspecified atom stereocenters. The third kappa shape index (κ3) is 3.38. The number of aromatic nitrogens is 3. The van der Waals surface area contributed by atoms with Crippen molar-refractivity contribution in [1.82, 2.24) is 15.0 Å². The molecule has 1 atom stereocenters. The van der Waals surface area contributed by atoms with Gasteiger partial charge >= 0.3 is 0 Å². The molecule has 124 valence electrons. The van der Waals surface area contributed by atoms with Crippen LogP contribution in [-0.4, -0.2) is 15.0 Å². The van der Waals surface area contributed by atoms with E-state index in [2.05, 4.69) is 63.6 Å². The summed E-state index contributed by atoms with van der Waals surface area (Å²) in [5.74, 6) is 0.890. The fourth-order valence-corrected chi connectivity index (χ4v) is 3.04. The van der Waals surface area contributed by atoms with Crippen molar-refractivity contribution in [2.75, 3.05) is 5.32 Å². The molecule has 0 aliphatic carbocycles. The second-order valence-corrected chi connectivity index (χ2v) is 6.22. The number of H-pyrrole nitrogens is 1. The van der Waals surface area contributed by atoms with Crippen LogP contribution in [0.4, 0.5) is 5.82 Å². The SMILES string of the molecule is C[C@@H](Nc1ccc(Cc2c[nH]c3ncccc23)cn1)c1ccccc1. The van der Waals surface area contributed by atoms with Crippen molar-refractivity contribution in [3.8, 4) is 0 Å². The Morgan fingerprint density at radius 2 is 1.88 bits per heavy atom. The normalized spacial score (nSPS) is 12.2. The van der Waals surface area contributed by atoms with Crippen molar-refractivity contribution in [2.24, 2.45) is 0 Å². The van der Waals surface area contributed by atoms with E-state index in [1.165, 1.54) is 22.1 Å². The first kappa shape index (κ1) is 15.4. The highest BCUT2D eigenvalue weighted by atomic mass is 15.0. The smallest absolute Gasteiger partial charge is 0.137 e. The molecule has 4 rings (SSSR count). The van der Waals surface area contributed by atoms with Crippen LogP contribution in [0.5, 0.6) is 0 Å². The number of aromatic amines is 1. The van der Waals surface area contributed by atoms with E-state index in [1.807, 2.05) is 30.6 Å². The van der Waals surface area contributed by atoms with Crippen LogP contribution in [0.2, 0.25) is 0 Å². The van der Waals surface area contributed by atoms with Crippen LogP contribution in [0.1, 0.15) is 29.7 Å². The van der Waals surface area contributed by atoms with Crippen LogP contribution in [0.25, 0.3) is 11.0 Å². The number of nitrogens with one attached hydrogen (secondary N) is 2. The van der Waals surface area contributed by atoms with E-state index in [1.54, 1.807) is 6.20 Å². The minimum absolute atomic E-state index is 0.222. The number of nitrogens with zero attached hydrogens (tertiary/aromatic N) is 2. The minimum atomic E-state index is 0.222. The number of pyridine rings is 2. The van der Waals surface area contributed by atoms with Crippen molar-refractivity contribution in [3.05, 3.63) is 89.9 Å². The molecular formula is C21H20N4. The second kappa shape index (κ2) is 6.77. The zero-order valence-corrected chi connectivity index (χ0v) is 14.1. The fourth-order valence-electron chi connectivity index (χ4n) is 3.04. The Hall–Kier alpha value is -3.14. The monoisotopic (exact) mass is 328 g/mol. The summed E-state index contributed by atoms with van der Waals surface area (Å²) in [4.78, 5) is 12.1. The average molecular weight is 328 g/mol. The lowest BCUT2D eigenvalue weighted by Gasteiger charge is -2.15. The average Bonchev–Trinajstić information content (AvgIpc) is 3.07. The Morgan fingerprint density at radius 3 is 2.68 bits per heavy atom. The molecular weight excluding hydrogens is 308 g/mol. The minimum Gasteiger partial charge on any atom is -0.364 e. The molecule has 3 aromatic heterocycles. The van der Waals surface area contributed by atoms with Crippen LogP contribution in [0.15, 0.2) is 73.2 Å². The fraction of sp³-hybridized carbons (Fsp3) is 0.143. The molecule has 0 saturated carbocycles. The van der Waals surface area contributed by atoms with Gasteiger partial charge in [0.2, 0.25) is 0 Å². The Balaban J connectivity index is 1.47. The molecule has 4 heteroatoms. The topological polar surface area (TPSA) is 53.6 Å². The van der Waals surface area contributed by atoms with E-state index in [0.717, 1.165) is 17.9 Å². The summed E-state index contributed by atoms with van der Waals surface area (Å²) in [7, 11) is 0. The Bertz CT molecular complexity index is 958. The first-order chi connectivity index (χ1) is 12.3. The van der Waals surface area contributed by atoms with Gasteiger partial charge in [-0.25, -0.2) is 9.97 Å². The number of hydrogen-bond acceptors (Lipinski definition) is 3. The van der Waals surface area contributed by atoms with Gasteiger partial charge in [-0.15, -0.1) is 0 Å². The van der Waals surface area contributed by atoms with Gasteiger partial charge in [-0.3, -0.25) is 0 Å². The molecule has 25 heavy (non-hydrogen) atoms. The number of hydrogen-bond donors (Lipinski definition) is 2. The summed E-state index contributed by atoms with van der Waals surface area (Å²) in [5, 5.41) is 4.62. The molecule has 0 spiro atoms. The molecule has 3 heterocycles. The van der Waals surface area contributed by atoms with Gasteiger partial charge in [0.05, 0.1) is 0 Å². The van der Waals surface area contributed by atoms with Crippen LogP contribution >= 0.6 is 0 Å². The standard InChI is InChI=1S/C21H20N4/c1-15(17-6-3-2-4-7-17)25-20-10-9-16(13-23-20)12-18-14-24-21-19(18)8-5-11-22-21/h2-11,13-15H,12H2,1H3,(H,22,24)(H,23,25)/t15-/m1/s1. The van der Waals surface area contributed by atoms with Crippen molar-refractivity contribution in [2.45, 2.75) is 19.4 Å². The summed E-state index contributed by atoms with van der Waals surface area (Å²) in [6, 6.07) is 18.8. The molecule has 0 radical (unpaired) electrons. The second-order valence-electron chi connectivity index (χ2n) is 6.22. The molecule has 1 aromatic carbocycles. The number of fused-ring (bicyclic) bond motifs is 1. The molecule has 0 bridgehead atoms. The largest absolute Gasteiger partial charge is 0.364 e. The number of benzene rings is 1. The molecule has 0 fully saturated rings. The maximum absolute atomic E-state index is 4.57. The summed E-state index contributed by atoms with van der Waals surface area (Å²) in [6.45, 7) is 2.14. The zero-order valence-electron chi connectivity index (χ0n) is 14.1. The van der Waals surface area contributed by atoms with E-state index in [4.69, 9.17) is 0 Å². The first-order valence-corrected chi connectivity index (χ1v) is 8.47. The maximum atomic E-state index is 4.57. The number of anilines is 1. The molecule has 4 nitrogen and oxygen atoms in total. The van der Waals surface area contributed by atoms with E-state index >= 15 is 0 Å². The predicted molar refractivity (Wildman–Crippen MR) is 102 cm³/mol. The van der Waals surface area contributed by atoms with Crippen LogP contribution < -0.4 is 5.32 Å². The quantitative estimate of drug-likeness (QED) is 0.557. The maximum Gasteiger partial charge on any atom is 0.137 e. The van der Waals surface area contributed by atoms with E-state index in [9.17, 15) is 0 Å². The van der Waals surface area contributed by atoms with Crippen LogP contribution in [-0.2, 0) is 6.42 Å². The summed E-state index contributed by atoms with van der Waals surface area (Å²) >= 11 is 0.